The van der Waals surface area contributed by atoms with Gasteiger partial charge in [-0.05, 0) is 30.7 Å². The highest BCUT2D eigenvalue weighted by Crippen LogP contribution is 2.31. The number of hydrazine groups is 1. The zero-order chi connectivity index (χ0) is 20.1. The first-order valence-electron chi connectivity index (χ1n) is 8.10. The van der Waals surface area contributed by atoms with Gasteiger partial charge < -0.3 is 5.32 Å². The van der Waals surface area contributed by atoms with Crippen LogP contribution >= 0.6 is 11.6 Å². The van der Waals surface area contributed by atoms with E-state index in [9.17, 15) is 14.9 Å². The summed E-state index contributed by atoms with van der Waals surface area (Å²) in [4.78, 5) is 31.0. The Labute approximate surface area is 164 Å². The van der Waals surface area contributed by atoms with Crippen molar-refractivity contribution in [3.8, 4) is 0 Å². The molecule has 0 bridgehead atoms. The van der Waals surface area contributed by atoms with Crippen LogP contribution in [0.4, 0.5) is 23.0 Å². The molecule has 0 aliphatic carbocycles. The Hall–Kier alpha value is -3.72. The van der Waals surface area contributed by atoms with Crippen LogP contribution in [0.3, 0.4) is 0 Å². The SMILES string of the molecule is Cc1ccccc1Nc1ncnc(NNC(=O)c2ccccc2Cl)c1[N+](=O)[O-]. The van der Waals surface area contributed by atoms with Gasteiger partial charge in [-0.2, -0.15) is 0 Å². The number of benzene rings is 2. The van der Waals surface area contributed by atoms with Crippen molar-refractivity contribution in [2.45, 2.75) is 6.92 Å². The number of halogens is 1. The van der Waals surface area contributed by atoms with E-state index >= 15 is 0 Å². The van der Waals surface area contributed by atoms with Crippen LogP contribution in [-0.2, 0) is 0 Å². The average molecular weight is 399 g/mol. The lowest BCUT2D eigenvalue weighted by Gasteiger charge is -2.12. The molecule has 3 N–H and O–H groups in total. The Kier molecular flexibility index (Phi) is 5.66. The normalized spacial score (nSPS) is 10.2. The van der Waals surface area contributed by atoms with Gasteiger partial charge in [-0.15, -0.1) is 0 Å². The number of para-hydroxylation sites is 1. The molecule has 10 heteroatoms. The molecule has 0 saturated carbocycles. The Morgan fingerprint density at radius 1 is 1.07 bits per heavy atom. The fourth-order valence-electron chi connectivity index (χ4n) is 2.40. The molecule has 0 aliphatic rings. The average Bonchev–Trinajstić information content (AvgIpc) is 2.68. The van der Waals surface area contributed by atoms with Crippen molar-refractivity contribution in [1.29, 1.82) is 0 Å². The van der Waals surface area contributed by atoms with Crippen molar-refractivity contribution in [2.24, 2.45) is 0 Å². The first-order valence-corrected chi connectivity index (χ1v) is 8.48. The van der Waals surface area contributed by atoms with Crippen LogP contribution < -0.4 is 16.2 Å². The molecular weight excluding hydrogens is 384 g/mol. The maximum absolute atomic E-state index is 12.3. The molecule has 0 radical (unpaired) electrons. The lowest BCUT2D eigenvalue weighted by atomic mass is 10.2. The molecule has 1 heterocycles. The molecule has 0 spiro atoms. The van der Waals surface area contributed by atoms with E-state index in [1.165, 1.54) is 6.07 Å². The summed E-state index contributed by atoms with van der Waals surface area (Å²) in [5, 5.41) is 14.8. The van der Waals surface area contributed by atoms with E-state index in [4.69, 9.17) is 11.6 Å². The van der Waals surface area contributed by atoms with Crippen LogP contribution in [0.1, 0.15) is 15.9 Å². The second-order valence-corrected chi connectivity index (χ2v) is 6.08. The number of hydrogen-bond acceptors (Lipinski definition) is 7. The molecular formula is C18H15ClN6O3. The van der Waals surface area contributed by atoms with Crippen molar-refractivity contribution >= 4 is 40.5 Å². The second-order valence-electron chi connectivity index (χ2n) is 5.68. The number of hydrogen-bond donors (Lipinski definition) is 3. The third-order valence-electron chi connectivity index (χ3n) is 3.82. The number of nitrogens with zero attached hydrogens (tertiary/aromatic N) is 3. The first kappa shape index (κ1) is 19.1. The molecule has 142 valence electrons. The number of rotatable bonds is 6. The molecule has 28 heavy (non-hydrogen) atoms. The Morgan fingerprint density at radius 3 is 2.46 bits per heavy atom. The van der Waals surface area contributed by atoms with Gasteiger partial charge in [0.25, 0.3) is 5.91 Å². The second kappa shape index (κ2) is 8.31. The number of aromatic nitrogens is 2. The fourth-order valence-corrected chi connectivity index (χ4v) is 2.63. The summed E-state index contributed by atoms with van der Waals surface area (Å²) in [6.07, 6.45) is 1.15. The summed E-state index contributed by atoms with van der Waals surface area (Å²) >= 11 is 5.98. The maximum atomic E-state index is 12.3. The fraction of sp³-hybridized carbons (Fsp3) is 0.0556. The molecule has 3 aromatic rings. The number of aryl methyl sites for hydroxylation is 1. The summed E-state index contributed by atoms with van der Waals surface area (Å²) in [6.45, 7) is 1.86. The van der Waals surface area contributed by atoms with Gasteiger partial charge in [0.1, 0.15) is 6.33 Å². The van der Waals surface area contributed by atoms with Crippen molar-refractivity contribution in [1.82, 2.24) is 15.4 Å². The van der Waals surface area contributed by atoms with Crippen molar-refractivity contribution < 1.29 is 9.72 Å². The first-order chi connectivity index (χ1) is 13.5. The maximum Gasteiger partial charge on any atom is 0.355 e. The summed E-state index contributed by atoms with van der Waals surface area (Å²) in [5.41, 5.74) is 6.18. The van der Waals surface area contributed by atoms with E-state index in [0.717, 1.165) is 11.9 Å². The van der Waals surface area contributed by atoms with Crippen molar-refractivity contribution in [3.05, 3.63) is 81.1 Å². The highest BCUT2D eigenvalue weighted by molar-refractivity contribution is 6.33. The highest BCUT2D eigenvalue weighted by atomic mass is 35.5. The zero-order valence-corrected chi connectivity index (χ0v) is 15.4. The van der Waals surface area contributed by atoms with Crippen LogP contribution in [0.5, 0.6) is 0 Å². The summed E-state index contributed by atoms with van der Waals surface area (Å²) in [7, 11) is 0. The van der Waals surface area contributed by atoms with Gasteiger partial charge in [0.2, 0.25) is 11.6 Å². The van der Waals surface area contributed by atoms with Gasteiger partial charge in [0.15, 0.2) is 0 Å². The van der Waals surface area contributed by atoms with Gasteiger partial charge >= 0.3 is 5.69 Å². The quantitative estimate of drug-likeness (QED) is 0.425. The van der Waals surface area contributed by atoms with Gasteiger partial charge in [-0.3, -0.25) is 25.8 Å². The molecule has 3 rings (SSSR count). The molecule has 9 nitrogen and oxygen atoms in total. The minimum absolute atomic E-state index is 0.0104. The molecule has 0 fully saturated rings. The predicted molar refractivity (Wildman–Crippen MR) is 106 cm³/mol. The molecule has 0 unspecified atom stereocenters. The highest BCUT2D eigenvalue weighted by Gasteiger charge is 2.24. The van der Waals surface area contributed by atoms with Crippen LogP contribution in [0.15, 0.2) is 54.9 Å². The van der Waals surface area contributed by atoms with Crippen molar-refractivity contribution in [3.63, 3.8) is 0 Å². The van der Waals surface area contributed by atoms with Crippen LogP contribution in [0, 0.1) is 17.0 Å². The molecule has 2 aromatic carbocycles. The van der Waals surface area contributed by atoms with E-state index in [-0.39, 0.29) is 22.2 Å². The zero-order valence-electron chi connectivity index (χ0n) is 14.6. The molecule has 0 atom stereocenters. The summed E-state index contributed by atoms with van der Waals surface area (Å²) in [6, 6.07) is 13.7. The third-order valence-corrected chi connectivity index (χ3v) is 4.15. The number of carbonyl (C=O) groups is 1. The number of anilines is 3. The van der Waals surface area contributed by atoms with E-state index < -0.39 is 16.5 Å². The van der Waals surface area contributed by atoms with Gasteiger partial charge in [-0.25, -0.2) is 9.97 Å². The number of carbonyl (C=O) groups excluding carboxylic acids is 1. The van der Waals surface area contributed by atoms with Crippen LogP contribution in [-0.4, -0.2) is 20.8 Å². The van der Waals surface area contributed by atoms with Gasteiger partial charge in [0, 0.05) is 5.69 Å². The van der Waals surface area contributed by atoms with E-state index in [0.29, 0.717) is 5.69 Å². The number of nitrogens with one attached hydrogen (secondary N) is 3. The Bertz CT molecular complexity index is 1040. The predicted octanol–water partition coefficient (Wildman–Crippen LogP) is 3.85. The monoisotopic (exact) mass is 398 g/mol. The minimum Gasteiger partial charge on any atom is -0.334 e. The molecule has 1 amide bonds. The standard InChI is InChI=1S/C18H15ClN6O3/c1-11-6-2-5-9-14(11)22-16-15(25(27)28)17(21-10-20-16)23-24-18(26)12-7-3-4-8-13(12)19/h2-10H,1H3,(H,24,26)(H2,20,21,22,23). The van der Waals surface area contributed by atoms with E-state index in [2.05, 4.69) is 26.1 Å². The van der Waals surface area contributed by atoms with Gasteiger partial charge in [-0.1, -0.05) is 41.9 Å². The van der Waals surface area contributed by atoms with Gasteiger partial charge in [0.05, 0.1) is 15.5 Å². The minimum atomic E-state index is -0.634. The van der Waals surface area contributed by atoms with Crippen LogP contribution in [0.2, 0.25) is 5.02 Å². The largest absolute Gasteiger partial charge is 0.355 e. The smallest absolute Gasteiger partial charge is 0.334 e. The topological polar surface area (TPSA) is 122 Å². The summed E-state index contributed by atoms with van der Waals surface area (Å²) in [5.74, 6) is -0.743. The van der Waals surface area contributed by atoms with E-state index in [1.54, 1.807) is 30.3 Å². The lowest BCUT2D eigenvalue weighted by Crippen LogP contribution is -2.30. The number of amides is 1. The van der Waals surface area contributed by atoms with Crippen molar-refractivity contribution in [2.75, 3.05) is 10.7 Å². The number of nitro groups is 1. The third kappa shape index (κ3) is 4.15. The van der Waals surface area contributed by atoms with E-state index in [1.807, 2.05) is 19.1 Å². The lowest BCUT2D eigenvalue weighted by molar-refractivity contribution is -0.383. The Balaban J connectivity index is 1.85. The molecule has 0 saturated heterocycles. The summed E-state index contributed by atoms with van der Waals surface area (Å²) < 4.78 is 0. The molecule has 0 aliphatic heterocycles. The molecule has 1 aromatic heterocycles. The van der Waals surface area contributed by atoms with Crippen LogP contribution in [0.25, 0.3) is 0 Å². The Morgan fingerprint density at radius 2 is 1.75 bits per heavy atom.